The van der Waals surface area contributed by atoms with Crippen LogP contribution in [0, 0.1) is 5.92 Å². The van der Waals surface area contributed by atoms with Gasteiger partial charge in [0.1, 0.15) is 0 Å². The molecule has 2 N–H and O–H groups in total. The molecule has 2 aromatic heterocycles. The summed E-state index contributed by atoms with van der Waals surface area (Å²) < 4.78 is 1.91. The van der Waals surface area contributed by atoms with E-state index in [1.165, 1.54) is 6.33 Å². The number of aliphatic hydroxyl groups is 1. The van der Waals surface area contributed by atoms with Gasteiger partial charge in [0.25, 0.3) is 5.56 Å². The van der Waals surface area contributed by atoms with Crippen molar-refractivity contribution >= 4 is 11.2 Å². The molecular weight excluding hydrogens is 232 g/mol. The van der Waals surface area contributed by atoms with Crippen LogP contribution in [-0.2, 0) is 0 Å². The molecule has 2 heterocycles. The molecule has 1 aliphatic rings. The molecule has 0 unspecified atom stereocenters. The summed E-state index contributed by atoms with van der Waals surface area (Å²) in [6.07, 6.45) is 8.97. The summed E-state index contributed by atoms with van der Waals surface area (Å²) in [5.41, 5.74) is 0.762. The average Bonchev–Trinajstić information content (AvgIpc) is 2.84. The number of imidazole rings is 1. The Morgan fingerprint density at radius 1 is 1.39 bits per heavy atom. The molecule has 0 aromatic carbocycles. The van der Waals surface area contributed by atoms with Gasteiger partial charge < -0.3 is 14.7 Å². The van der Waals surface area contributed by atoms with Crippen molar-refractivity contribution in [3.8, 4) is 0 Å². The van der Waals surface area contributed by atoms with Crippen LogP contribution in [0.1, 0.15) is 18.9 Å². The van der Waals surface area contributed by atoms with Crippen LogP contribution in [-0.4, -0.2) is 31.2 Å². The molecule has 3 rings (SSSR count). The molecule has 0 aliphatic heterocycles. The highest BCUT2D eigenvalue weighted by atomic mass is 16.3. The second-order valence-electron chi connectivity index (χ2n) is 4.53. The number of hydrogen-bond acceptors (Lipinski definition) is 4. The standard InChI is InChI=1S/C12H14N4O2/c17-5-8-1-3-9(4-2-8)16-7-15-10-11(16)13-6-14-12(10)18/h1,3,6-9,17H,2,4-5H2,(H,13,14,18)/t8-,9+/m0/s1. The summed E-state index contributed by atoms with van der Waals surface area (Å²) in [6, 6.07) is 0.159. The lowest BCUT2D eigenvalue weighted by Crippen LogP contribution is -2.15. The van der Waals surface area contributed by atoms with Gasteiger partial charge in [-0.15, -0.1) is 0 Å². The third-order valence-corrected chi connectivity index (χ3v) is 3.40. The second kappa shape index (κ2) is 4.38. The second-order valence-corrected chi connectivity index (χ2v) is 4.53. The molecule has 0 saturated heterocycles. The first kappa shape index (κ1) is 11.2. The van der Waals surface area contributed by atoms with Crippen LogP contribution in [0.4, 0.5) is 0 Å². The Bertz CT molecular complexity index is 643. The first-order chi connectivity index (χ1) is 8.79. The van der Waals surface area contributed by atoms with E-state index in [1.807, 2.05) is 16.7 Å². The van der Waals surface area contributed by atoms with Crippen LogP contribution in [0.25, 0.3) is 11.2 Å². The van der Waals surface area contributed by atoms with Crippen molar-refractivity contribution in [2.24, 2.45) is 5.92 Å². The summed E-state index contributed by atoms with van der Waals surface area (Å²) in [4.78, 5) is 22.3. The van der Waals surface area contributed by atoms with Gasteiger partial charge in [0, 0.05) is 12.5 Å². The van der Waals surface area contributed by atoms with Crippen LogP contribution in [0.3, 0.4) is 0 Å². The number of hydrogen-bond donors (Lipinski definition) is 2. The monoisotopic (exact) mass is 246 g/mol. The number of fused-ring (bicyclic) bond motifs is 1. The minimum absolute atomic E-state index is 0.159. The Morgan fingerprint density at radius 3 is 3.00 bits per heavy atom. The van der Waals surface area contributed by atoms with E-state index in [1.54, 1.807) is 6.33 Å². The zero-order chi connectivity index (χ0) is 12.5. The van der Waals surface area contributed by atoms with Gasteiger partial charge in [-0.05, 0) is 12.8 Å². The number of H-pyrrole nitrogens is 1. The Morgan fingerprint density at radius 2 is 2.28 bits per heavy atom. The molecule has 6 heteroatoms. The predicted molar refractivity (Wildman–Crippen MR) is 66.1 cm³/mol. The number of nitrogens with zero attached hydrogens (tertiary/aromatic N) is 3. The minimum atomic E-state index is -0.216. The zero-order valence-corrected chi connectivity index (χ0v) is 9.78. The highest BCUT2D eigenvalue weighted by molar-refractivity contribution is 5.69. The van der Waals surface area contributed by atoms with Gasteiger partial charge in [-0.25, -0.2) is 9.97 Å². The number of rotatable bonds is 2. The molecule has 0 bridgehead atoms. The fraction of sp³-hybridized carbons (Fsp3) is 0.417. The lowest BCUT2D eigenvalue weighted by atomic mass is 9.93. The third-order valence-electron chi connectivity index (χ3n) is 3.40. The van der Waals surface area contributed by atoms with E-state index in [0.717, 1.165) is 12.8 Å². The topological polar surface area (TPSA) is 83.8 Å². The van der Waals surface area contributed by atoms with Gasteiger partial charge in [-0.3, -0.25) is 4.79 Å². The SMILES string of the molecule is O=c1[nH]cnc2c1ncn2[C@@H]1C=C[C@H](CO)CC1. The minimum Gasteiger partial charge on any atom is -0.396 e. The predicted octanol–water partition coefficient (Wildman–Crippen LogP) is 0.619. The van der Waals surface area contributed by atoms with E-state index in [0.29, 0.717) is 11.2 Å². The molecule has 1 aliphatic carbocycles. The lowest BCUT2D eigenvalue weighted by Gasteiger charge is -2.22. The lowest BCUT2D eigenvalue weighted by molar-refractivity contribution is 0.235. The number of aromatic amines is 1. The molecule has 6 nitrogen and oxygen atoms in total. The van der Waals surface area contributed by atoms with Crippen molar-refractivity contribution in [2.75, 3.05) is 6.61 Å². The molecule has 0 radical (unpaired) electrons. The van der Waals surface area contributed by atoms with Crippen LogP contribution in [0.5, 0.6) is 0 Å². The van der Waals surface area contributed by atoms with Crippen molar-refractivity contribution < 1.29 is 5.11 Å². The van der Waals surface area contributed by atoms with Crippen LogP contribution < -0.4 is 5.56 Å². The maximum absolute atomic E-state index is 11.6. The number of aliphatic hydroxyl groups excluding tert-OH is 1. The third kappa shape index (κ3) is 1.74. The Labute approximate surface area is 103 Å². The van der Waals surface area contributed by atoms with E-state index in [9.17, 15) is 4.79 Å². The average molecular weight is 246 g/mol. The van der Waals surface area contributed by atoms with Crippen LogP contribution in [0.2, 0.25) is 0 Å². The van der Waals surface area contributed by atoms with Crippen LogP contribution in [0.15, 0.2) is 29.6 Å². The van der Waals surface area contributed by atoms with Crippen molar-refractivity contribution in [3.63, 3.8) is 0 Å². The van der Waals surface area contributed by atoms with Crippen LogP contribution >= 0.6 is 0 Å². The summed E-state index contributed by atoms with van der Waals surface area (Å²) in [6.45, 7) is 0.186. The van der Waals surface area contributed by atoms with E-state index in [2.05, 4.69) is 15.0 Å². The highest BCUT2D eigenvalue weighted by Crippen LogP contribution is 2.27. The molecule has 0 saturated carbocycles. The molecule has 94 valence electrons. The van der Waals surface area contributed by atoms with Crippen molar-refractivity contribution in [3.05, 3.63) is 35.2 Å². The first-order valence-electron chi connectivity index (χ1n) is 5.99. The summed E-state index contributed by atoms with van der Waals surface area (Å²) in [7, 11) is 0. The van der Waals surface area contributed by atoms with Gasteiger partial charge in [-0.2, -0.15) is 0 Å². The normalized spacial score (nSPS) is 23.6. The van der Waals surface area contributed by atoms with Crippen molar-refractivity contribution in [1.29, 1.82) is 0 Å². The molecule has 18 heavy (non-hydrogen) atoms. The van der Waals surface area contributed by atoms with E-state index < -0.39 is 0 Å². The van der Waals surface area contributed by atoms with Crippen molar-refractivity contribution in [1.82, 2.24) is 19.5 Å². The largest absolute Gasteiger partial charge is 0.396 e. The van der Waals surface area contributed by atoms with Gasteiger partial charge in [0.05, 0.1) is 18.7 Å². The Balaban J connectivity index is 2.01. The maximum Gasteiger partial charge on any atom is 0.278 e. The number of aromatic nitrogens is 4. The first-order valence-corrected chi connectivity index (χ1v) is 5.99. The quantitative estimate of drug-likeness (QED) is 0.761. The smallest absolute Gasteiger partial charge is 0.278 e. The van der Waals surface area contributed by atoms with Gasteiger partial charge in [0.15, 0.2) is 11.2 Å². The highest BCUT2D eigenvalue weighted by Gasteiger charge is 2.19. The van der Waals surface area contributed by atoms with Gasteiger partial charge in [-0.1, -0.05) is 12.2 Å². The molecule has 0 spiro atoms. The van der Waals surface area contributed by atoms with E-state index >= 15 is 0 Å². The summed E-state index contributed by atoms with van der Waals surface area (Å²) in [5.74, 6) is 0.243. The Hall–Kier alpha value is -1.95. The fourth-order valence-electron chi connectivity index (χ4n) is 2.35. The fourth-order valence-corrected chi connectivity index (χ4v) is 2.35. The van der Waals surface area contributed by atoms with E-state index in [4.69, 9.17) is 5.11 Å². The molecule has 2 atom stereocenters. The van der Waals surface area contributed by atoms with Gasteiger partial charge >= 0.3 is 0 Å². The number of nitrogens with one attached hydrogen (secondary N) is 1. The summed E-state index contributed by atoms with van der Waals surface area (Å²) >= 11 is 0. The Kier molecular flexibility index (Phi) is 2.71. The van der Waals surface area contributed by atoms with E-state index in [-0.39, 0.29) is 24.1 Å². The molecule has 0 amide bonds. The van der Waals surface area contributed by atoms with Gasteiger partial charge in [0.2, 0.25) is 0 Å². The van der Waals surface area contributed by atoms with Crippen molar-refractivity contribution in [2.45, 2.75) is 18.9 Å². The summed E-state index contributed by atoms with van der Waals surface area (Å²) in [5, 5.41) is 9.09. The number of allylic oxidation sites excluding steroid dienone is 1. The zero-order valence-electron chi connectivity index (χ0n) is 9.78. The molecular formula is C12H14N4O2. The maximum atomic E-state index is 11.6. The molecule has 2 aromatic rings. The molecule has 0 fully saturated rings.